The first-order chi connectivity index (χ1) is 11.8. The first-order valence-corrected chi connectivity index (χ1v) is 8.32. The molecule has 0 saturated heterocycles. The number of hydrogen-bond donors (Lipinski definition) is 4. The van der Waals surface area contributed by atoms with E-state index in [1.165, 1.54) is 7.05 Å². The number of likely N-dealkylation sites (N-methyl/N-ethyl adjacent to an activating group) is 1. The van der Waals surface area contributed by atoms with E-state index in [1.54, 1.807) is 36.7 Å². The van der Waals surface area contributed by atoms with Gasteiger partial charge in [-0.15, -0.1) is 0 Å². The fourth-order valence-corrected chi connectivity index (χ4v) is 2.67. The number of rotatable bonds is 8. The maximum Gasteiger partial charge on any atom is 0.246 e. The van der Waals surface area contributed by atoms with Gasteiger partial charge in [-0.3, -0.25) is 19.6 Å². The molecule has 1 aromatic rings. The highest BCUT2D eigenvalue weighted by Gasteiger charge is 2.33. The summed E-state index contributed by atoms with van der Waals surface area (Å²) in [5.41, 5.74) is 2.24. The normalized spacial score (nSPS) is 14.3. The maximum absolute atomic E-state index is 12.8. The zero-order valence-electron chi connectivity index (χ0n) is 15.1. The van der Waals surface area contributed by atoms with Gasteiger partial charge in [0.25, 0.3) is 0 Å². The fraction of sp³-hybridized carbons (Fsp3) is 0.500. The van der Waals surface area contributed by atoms with E-state index in [9.17, 15) is 14.4 Å². The Kier molecular flexibility index (Phi) is 8.07. The minimum absolute atomic E-state index is 0.167. The molecule has 7 heteroatoms. The summed E-state index contributed by atoms with van der Waals surface area (Å²) in [6.07, 6.45) is 0.454. The van der Waals surface area contributed by atoms with E-state index < -0.39 is 29.7 Å². The van der Waals surface area contributed by atoms with Gasteiger partial charge in [0.2, 0.25) is 17.7 Å². The standard InChI is InChI=1S/C18H27N3O4/c1-11(2)10-14(12(3)16(22)21-25)17(23)20-15(18(24)19-4)13-8-6-5-7-9-13/h5-9,11-12,14-15,25H,10H2,1-4H3,(H,19,24)(H,20,23)(H,21,22)/t12?,14-,15+/m1/s1. The Hall–Kier alpha value is -2.41. The molecule has 0 spiro atoms. The second-order valence-electron chi connectivity index (χ2n) is 6.47. The van der Waals surface area contributed by atoms with E-state index in [1.807, 2.05) is 19.9 Å². The summed E-state index contributed by atoms with van der Waals surface area (Å²) in [6, 6.07) is 8.04. The summed E-state index contributed by atoms with van der Waals surface area (Å²) in [6.45, 7) is 5.46. The molecule has 0 aliphatic carbocycles. The summed E-state index contributed by atoms with van der Waals surface area (Å²) in [5, 5.41) is 14.1. The van der Waals surface area contributed by atoms with Crippen LogP contribution in [0.25, 0.3) is 0 Å². The van der Waals surface area contributed by atoms with Crippen LogP contribution in [0.1, 0.15) is 38.8 Å². The minimum Gasteiger partial charge on any atom is -0.357 e. The molecule has 1 unspecified atom stereocenters. The van der Waals surface area contributed by atoms with Crippen LogP contribution in [-0.2, 0) is 14.4 Å². The van der Waals surface area contributed by atoms with Crippen LogP contribution < -0.4 is 16.1 Å². The second kappa shape index (κ2) is 9.78. The molecule has 0 saturated carbocycles. The van der Waals surface area contributed by atoms with Crippen molar-refractivity contribution in [3.8, 4) is 0 Å². The Morgan fingerprint density at radius 2 is 1.60 bits per heavy atom. The van der Waals surface area contributed by atoms with E-state index in [0.717, 1.165) is 0 Å². The van der Waals surface area contributed by atoms with Crippen molar-refractivity contribution in [3.63, 3.8) is 0 Å². The molecular weight excluding hydrogens is 322 g/mol. The molecule has 0 heterocycles. The van der Waals surface area contributed by atoms with Gasteiger partial charge in [-0.05, 0) is 17.9 Å². The van der Waals surface area contributed by atoms with Gasteiger partial charge >= 0.3 is 0 Å². The number of nitrogens with one attached hydrogen (secondary N) is 3. The Morgan fingerprint density at radius 3 is 2.08 bits per heavy atom. The van der Waals surface area contributed by atoms with Gasteiger partial charge in [0.15, 0.2) is 0 Å². The highest BCUT2D eigenvalue weighted by atomic mass is 16.5. The van der Waals surface area contributed by atoms with Crippen LogP contribution in [0.3, 0.4) is 0 Å². The van der Waals surface area contributed by atoms with Crippen molar-refractivity contribution in [2.75, 3.05) is 7.05 Å². The van der Waals surface area contributed by atoms with E-state index in [-0.39, 0.29) is 11.8 Å². The molecule has 0 bridgehead atoms. The van der Waals surface area contributed by atoms with Gasteiger partial charge in [-0.25, -0.2) is 5.48 Å². The van der Waals surface area contributed by atoms with Crippen molar-refractivity contribution < 1.29 is 19.6 Å². The molecule has 1 rings (SSSR count). The number of carbonyl (C=O) groups is 3. The zero-order chi connectivity index (χ0) is 19.0. The Bertz CT molecular complexity index is 589. The van der Waals surface area contributed by atoms with Gasteiger partial charge in [0.05, 0.1) is 0 Å². The molecule has 0 aliphatic heterocycles. The van der Waals surface area contributed by atoms with E-state index >= 15 is 0 Å². The fourth-order valence-electron chi connectivity index (χ4n) is 2.67. The molecule has 0 fully saturated rings. The maximum atomic E-state index is 12.8. The van der Waals surface area contributed by atoms with Crippen LogP contribution >= 0.6 is 0 Å². The Balaban J connectivity index is 3.05. The lowest BCUT2D eigenvalue weighted by Crippen LogP contribution is -2.45. The smallest absolute Gasteiger partial charge is 0.246 e. The first kappa shape index (κ1) is 20.6. The monoisotopic (exact) mass is 349 g/mol. The van der Waals surface area contributed by atoms with Crippen LogP contribution in [0.5, 0.6) is 0 Å². The first-order valence-electron chi connectivity index (χ1n) is 8.32. The van der Waals surface area contributed by atoms with Crippen LogP contribution in [0, 0.1) is 17.8 Å². The van der Waals surface area contributed by atoms with E-state index in [4.69, 9.17) is 5.21 Å². The van der Waals surface area contributed by atoms with Crippen LogP contribution in [0.2, 0.25) is 0 Å². The molecule has 138 valence electrons. The number of benzene rings is 1. The van der Waals surface area contributed by atoms with Crippen molar-refractivity contribution >= 4 is 17.7 Å². The van der Waals surface area contributed by atoms with Crippen molar-refractivity contribution in [1.82, 2.24) is 16.1 Å². The molecule has 7 nitrogen and oxygen atoms in total. The van der Waals surface area contributed by atoms with Gasteiger partial charge < -0.3 is 10.6 Å². The summed E-state index contributed by atoms with van der Waals surface area (Å²) in [5.74, 6) is -2.60. The lowest BCUT2D eigenvalue weighted by Gasteiger charge is -2.26. The molecule has 0 radical (unpaired) electrons. The third-order valence-electron chi connectivity index (χ3n) is 4.12. The molecule has 3 amide bonds. The topological polar surface area (TPSA) is 108 Å². The van der Waals surface area contributed by atoms with Crippen molar-refractivity contribution in [2.45, 2.75) is 33.2 Å². The molecule has 0 aromatic heterocycles. The lowest BCUT2D eigenvalue weighted by molar-refractivity contribution is -0.141. The van der Waals surface area contributed by atoms with Crippen molar-refractivity contribution in [3.05, 3.63) is 35.9 Å². The van der Waals surface area contributed by atoms with Crippen LogP contribution in [0.4, 0.5) is 0 Å². The summed E-state index contributed by atoms with van der Waals surface area (Å²) < 4.78 is 0. The highest BCUT2D eigenvalue weighted by Crippen LogP contribution is 2.23. The van der Waals surface area contributed by atoms with E-state index in [0.29, 0.717) is 12.0 Å². The second-order valence-corrected chi connectivity index (χ2v) is 6.47. The quantitative estimate of drug-likeness (QED) is 0.420. The van der Waals surface area contributed by atoms with Gasteiger partial charge in [-0.2, -0.15) is 0 Å². The highest BCUT2D eigenvalue weighted by molar-refractivity contribution is 5.91. The zero-order valence-corrected chi connectivity index (χ0v) is 15.1. The SMILES string of the molecule is CNC(=O)[C@@H](NC(=O)[C@H](CC(C)C)C(C)C(=O)NO)c1ccccc1. The molecule has 3 atom stereocenters. The van der Waals surface area contributed by atoms with Crippen molar-refractivity contribution in [1.29, 1.82) is 0 Å². The van der Waals surface area contributed by atoms with E-state index in [2.05, 4.69) is 10.6 Å². The van der Waals surface area contributed by atoms with Crippen LogP contribution in [-0.4, -0.2) is 30.0 Å². The van der Waals surface area contributed by atoms with Crippen LogP contribution in [0.15, 0.2) is 30.3 Å². The lowest BCUT2D eigenvalue weighted by atomic mass is 9.85. The molecule has 4 N–H and O–H groups in total. The molecule has 25 heavy (non-hydrogen) atoms. The third-order valence-corrected chi connectivity index (χ3v) is 4.12. The third kappa shape index (κ3) is 5.86. The average Bonchev–Trinajstić information content (AvgIpc) is 2.62. The number of amides is 3. The Labute approximate surface area is 148 Å². The Morgan fingerprint density at radius 1 is 1.00 bits per heavy atom. The largest absolute Gasteiger partial charge is 0.357 e. The van der Waals surface area contributed by atoms with Crippen molar-refractivity contribution in [2.24, 2.45) is 17.8 Å². The van der Waals surface area contributed by atoms with Gasteiger partial charge in [0, 0.05) is 18.9 Å². The summed E-state index contributed by atoms with van der Waals surface area (Å²) >= 11 is 0. The molecule has 1 aromatic carbocycles. The van der Waals surface area contributed by atoms with Gasteiger partial charge in [-0.1, -0.05) is 51.1 Å². The number of carbonyl (C=O) groups excluding carboxylic acids is 3. The molecular formula is C18H27N3O4. The van der Waals surface area contributed by atoms with Gasteiger partial charge in [0.1, 0.15) is 6.04 Å². The summed E-state index contributed by atoms with van der Waals surface area (Å²) in [4.78, 5) is 36.8. The predicted octanol–water partition coefficient (Wildman–Crippen LogP) is 1.39. The minimum atomic E-state index is -0.849. The summed E-state index contributed by atoms with van der Waals surface area (Å²) in [7, 11) is 1.50. The average molecular weight is 349 g/mol. The number of hydrogen-bond acceptors (Lipinski definition) is 4. The molecule has 0 aliphatic rings. The predicted molar refractivity (Wildman–Crippen MR) is 93.4 cm³/mol. The number of hydroxylamine groups is 1.